The average Bonchev–Trinajstić information content (AvgIpc) is 3.07. The van der Waals surface area contributed by atoms with Crippen LogP contribution in [-0.4, -0.2) is 22.7 Å². The molecule has 1 saturated carbocycles. The van der Waals surface area contributed by atoms with Crippen molar-refractivity contribution in [2.75, 3.05) is 5.32 Å². The normalized spacial score (nSPS) is 25.1. The van der Waals surface area contributed by atoms with E-state index in [0.29, 0.717) is 23.6 Å². The number of anilines is 1. The van der Waals surface area contributed by atoms with E-state index in [2.05, 4.69) is 5.32 Å². The predicted molar refractivity (Wildman–Crippen MR) is 69.3 cm³/mol. The van der Waals surface area contributed by atoms with Crippen LogP contribution in [0, 0.1) is 16.0 Å². The first-order chi connectivity index (χ1) is 9.35. The molecule has 2 unspecified atom stereocenters. The fourth-order valence-corrected chi connectivity index (χ4v) is 2.23. The van der Waals surface area contributed by atoms with E-state index in [-0.39, 0.29) is 5.91 Å². The Balaban J connectivity index is 1.68. The quantitative estimate of drug-likeness (QED) is 0.672. The maximum Gasteiger partial charge on any atom is 0.246 e. The molecule has 3 rings (SSSR count). The summed E-state index contributed by atoms with van der Waals surface area (Å²) in [5.74, 6) is -0.424. The van der Waals surface area contributed by atoms with E-state index < -0.39 is 22.7 Å². The molecule has 2 atom stereocenters. The number of hydrogen-bond acceptors (Lipinski definition) is 5. The summed E-state index contributed by atoms with van der Waals surface area (Å²) in [5.41, 5.74) is 0.545. The van der Waals surface area contributed by atoms with Gasteiger partial charge in [0.25, 0.3) is 0 Å². The van der Waals surface area contributed by atoms with E-state index in [1.807, 2.05) is 0 Å². The summed E-state index contributed by atoms with van der Waals surface area (Å²) in [7, 11) is 0. The Kier molecular flexibility index (Phi) is 2.60. The van der Waals surface area contributed by atoms with E-state index >= 15 is 0 Å². The summed E-state index contributed by atoms with van der Waals surface area (Å²) < 4.78 is 11.1. The van der Waals surface area contributed by atoms with Crippen LogP contribution in [0.15, 0.2) is 18.2 Å². The van der Waals surface area contributed by atoms with Gasteiger partial charge in [-0.3, -0.25) is 14.9 Å². The number of fused-ring (bicyclic) bond motifs is 1. The minimum absolute atomic E-state index is 0.302. The lowest BCUT2D eigenvalue weighted by Crippen LogP contribution is -2.29. The van der Waals surface area contributed by atoms with Crippen LogP contribution in [0.1, 0.15) is 20.3 Å². The van der Waals surface area contributed by atoms with E-state index in [0.717, 1.165) is 0 Å². The van der Waals surface area contributed by atoms with Crippen molar-refractivity contribution in [1.29, 1.82) is 0 Å². The first-order valence-electron chi connectivity index (χ1n) is 6.32. The number of benzene rings is 1. The number of nitro groups is 1. The molecule has 1 aliphatic carbocycles. The maximum atomic E-state index is 11.8. The zero-order valence-electron chi connectivity index (χ0n) is 11.1. The molecule has 1 amide bonds. The fourth-order valence-electron chi connectivity index (χ4n) is 2.23. The van der Waals surface area contributed by atoms with E-state index in [1.165, 1.54) is 0 Å². The predicted octanol–water partition coefficient (Wildman–Crippen LogP) is 1.80. The third-order valence-corrected chi connectivity index (χ3v) is 3.29. The number of carbonyl (C=O) groups excluding carboxylic acids is 1. The highest BCUT2D eigenvalue weighted by molar-refractivity contribution is 5.95. The molecule has 1 aliphatic heterocycles. The number of ether oxygens (including phenoxy) is 2. The Hall–Kier alpha value is -2.31. The highest BCUT2D eigenvalue weighted by Gasteiger charge is 2.53. The highest BCUT2D eigenvalue weighted by Crippen LogP contribution is 2.41. The first-order valence-corrected chi connectivity index (χ1v) is 6.32. The summed E-state index contributed by atoms with van der Waals surface area (Å²) in [6.45, 7) is 3.58. The Morgan fingerprint density at radius 3 is 2.75 bits per heavy atom. The van der Waals surface area contributed by atoms with Gasteiger partial charge in [0.05, 0.1) is 0 Å². The van der Waals surface area contributed by atoms with Crippen molar-refractivity contribution in [2.24, 2.45) is 5.92 Å². The molecule has 1 heterocycles. The van der Waals surface area contributed by atoms with Crippen molar-refractivity contribution >= 4 is 11.6 Å². The zero-order valence-corrected chi connectivity index (χ0v) is 11.1. The number of rotatable bonds is 3. The van der Waals surface area contributed by atoms with Gasteiger partial charge in [-0.05, 0) is 12.1 Å². The van der Waals surface area contributed by atoms with Crippen molar-refractivity contribution in [2.45, 2.75) is 32.1 Å². The summed E-state index contributed by atoms with van der Waals surface area (Å²) in [5, 5.41) is 13.2. The number of carbonyl (C=O) groups is 1. The molecule has 0 aromatic heterocycles. The number of hydrogen-bond donors (Lipinski definition) is 1. The molecule has 20 heavy (non-hydrogen) atoms. The van der Waals surface area contributed by atoms with Crippen LogP contribution in [-0.2, 0) is 4.79 Å². The van der Waals surface area contributed by atoms with Gasteiger partial charge >= 0.3 is 0 Å². The van der Waals surface area contributed by atoms with E-state index in [4.69, 9.17) is 9.47 Å². The van der Waals surface area contributed by atoms with Gasteiger partial charge in [0.1, 0.15) is 5.92 Å². The molecule has 0 saturated heterocycles. The zero-order chi connectivity index (χ0) is 14.5. The topological polar surface area (TPSA) is 90.7 Å². The molecule has 0 bridgehead atoms. The van der Waals surface area contributed by atoms with Crippen molar-refractivity contribution in [3.63, 3.8) is 0 Å². The lowest BCUT2D eigenvalue weighted by atomic mass is 10.2. The monoisotopic (exact) mass is 278 g/mol. The Morgan fingerprint density at radius 1 is 1.40 bits per heavy atom. The largest absolute Gasteiger partial charge is 0.449 e. The SMILES string of the molecule is CC1(C)Oc2ccc(NC(=O)C3CC3[N+](=O)[O-])cc2O1. The average molecular weight is 278 g/mol. The van der Waals surface area contributed by atoms with Crippen LogP contribution in [0.3, 0.4) is 0 Å². The van der Waals surface area contributed by atoms with Crippen molar-refractivity contribution < 1.29 is 19.2 Å². The minimum atomic E-state index is -0.747. The van der Waals surface area contributed by atoms with Crippen LogP contribution >= 0.6 is 0 Å². The van der Waals surface area contributed by atoms with Gasteiger partial charge in [-0.2, -0.15) is 0 Å². The van der Waals surface area contributed by atoms with Crippen LogP contribution in [0.4, 0.5) is 5.69 Å². The fraction of sp³-hybridized carbons (Fsp3) is 0.462. The molecule has 106 valence electrons. The van der Waals surface area contributed by atoms with Crippen LogP contribution in [0.5, 0.6) is 11.5 Å². The minimum Gasteiger partial charge on any atom is -0.449 e. The van der Waals surface area contributed by atoms with Crippen LogP contribution in [0.25, 0.3) is 0 Å². The Bertz CT molecular complexity index is 598. The lowest BCUT2D eigenvalue weighted by molar-refractivity contribution is -0.497. The third kappa shape index (κ3) is 2.26. The molecule has 7 nitrogen and oxygen atoms in total. The second-order valence-electron chi connectivity index (χ2n) is 5.45. The van der Waals surface area contributed by atoms with Crippen LogP contribution in [0.2, 0.25) is 0 Å². The molecule has 1 aromatic carbocycles. The summed E-state index contributed by atoms with van der Waals surface area (Å²) in [4.78, 5) is 22.0. The van der Waals surface area contributed by atoms with Crippen molar-refractivity contribution in [1.82, 2.24) is 0 Å². The highest BCUT2D eigenvalue weighted by atomic mass is 16.7. The molecule has 1 N–H and O–H groups in total. The molecule has 1 fully saturated rings. The van der Waals surface area contributed by atoms with Gasteiger partial charge < -0.3 is 14.8 Å². The summed E-state index contributed by atoms with van der Waals surface area (Å²) in [6, 6.07) is 4.30. The van der Waals surface area contributed by atoms with Gasteiger partial charge in [0.2, 0.25) is 17.7 Å². The van der Waals surface area contributed by atoms with Crippen molar-refractivity contribution in [3.8, 4) is 11.5 Å². The molecule has 0 radical (unpaired) electrons. The van der Waals surface area contributed by atoms with Gasteiger partial charge in [0, 0.05) is 36.9 Å². The molecular weight excluding hydrogens is 264 g/mol. The summed E-state index contributed by atoms with van der Waals surface area (Å²) in [6.07, 6.45) is 0.302. The molecule has 7 heteroatoms. The maximum absolute atomic E-state index is 11.8. The molecule has 0 spiro atoms. The standard InChI is InChI=1S/C13H14N2O5/c1-13(2)19-10-4-3-7(5-11(10)20-13)14-12(16)8-6-9(8)15(17)18/h3-5,8-9H,6H2,1-2H3,(H,14,16). The number of amides is 1. The van der Waals surface area contributed by atoms with E-state index in [9.17, 15) is 14.9 Å². The number of nitrogens with one attached hydrogen (secondary N) is 1. The van der Waals surface area contributed by atoms with Crippen molar-refractivity contribution in [3.05, 3.63) is 28.3 Å². The van der Waals surface area contributed by atoms with Gasteiger partial charge in [-0.15, -0.1) is 0 Å². The molecular formula is C13H14N2O5. The van der Waals surface area contributed by atoms with Crippen LogP contribution < -0.4 is 14.8 Å². The molecule has 2 aliphatic rings. The molecule has 1 aromatic rings. The van der Waals surface area contributed by atoms with Gasteiger partial charge in [-0.25, -0.2) is 0 Å². The smallest absolute Gasteiger partial charge is 0.246 e. The lowest BCUT2D eigenvalue weighted by Gasteiger charge is -2.16. The van der Waals surface area contributed by atoms with Gasteiger partial charge in [0.15, 0.2) is 11.5 Å². The second-order valence-corrected chi connectivity index (χ2v) is 5.45. The van der Waals surface area contributed by atoms with E-state index in [1.54, 1.807) is 32.0 Å². The summed E-state index contributed by atoms with van der Waals surface area (Å²) >= 11 is 0. The third-order valence-electron chi connectivity index (χ3n) is 3.29. The Labute approximate surface area is 115 Å². The Morgan fingerprint density at radius 2 is 2.10 bits per heavy atom. The second kappa shape index (κ2) is 4.09. The van der Waals surface area contributed by atoms with Gasteiger partial charge in [-0.1, -0.05) is 0 Å². The number of nitrogens with zero attached hydrogens (tertiary/aromatic N) is 1. The first kappa shape index (κ1) is 12.7.